The number of carboxylic acids is 1. The van der Waals surface area contributed by atoms with Gasteiger partial charge in [0.25, 0.3) is 0 Å². The number of aliphatic hydroxyl groups excluding tert-OH is 1. The summed E-state index contributed by atoms with van der Waals surface area (Å²) in [6.45, 7) is 5.27. The molecule has 0 bridgehead atoms. The smallest absolute Gasteiger partial charge is 0.341 e. The Hall–Kier alpha value is -2.64. The zero-order chi connectivity index (χ0) is 18.9. The van der Waals surface area contributed by atoms with E-state index in [4.69, 9.17) is 19.7 Å². The highest BCUT2D eigenvalue weighted by molar-refractivity contribution is 5.92. The summed E-state index contributed by atoms with van der Waals surface area (Å²) in [6, 6.07) is 5.41. The number of ether oxygens (including phenoxy) is 2. The highest BCUT2D eigenvalue weighted by atomic mass is 16.5. The van der Waals surface area contributed by atoms with Gasteiger partial charge < -0.3 is 24.7 Å². The van der Waals surface area contributed by atoms with Crippen molar-refractivity contribution in [1.29, 1.82) is 0 Å². The molecule has 7 heteroatoms. The standard InChI is InChI=1S/C19H23NO6/c1-13(21)6-8-26-10-9-25-7-2-3-14-4-5-17-15(11-14)18(22)16(12-20-17)19(23)24/h4-5,11-12,21H,1-3,6-10H2,(H,20,22)(H,23,24). The van der Waals surface area contributed by atoms with Crippen LogP contribution in [0.1, 0.15) is 28.8 Å². The fourth-order valence-electron chi connectivity index (χ4n) is 2.47. The lowest BCUT2D eigenvalue weighted by Crippen LogP contribution is -2.15. The van der Waals surface area contributed by atoms with E-state index in [1.54, 1.807) is 12.1 Å². The predicted molar refractivity (Wildman–Crippen MR) is 97.9 cm³/mol. The van der Waals surface area contributed by atoms with E-state index in [2.05, 4.69) is 11.6 Å². The van der Waals surface area contributed by atoms with Gasteiger partial charge in [0, 0.05) is 30.1 Å². The number of aromatic amines is 1. The van der Waals surface area contributed by atoms with Crippen LogP contribution in [0.4, 0.5) is 0 Å². The van der Waals surface area contributed by atoms with E-state index in [0.29, 0.717) is 43.8 Å². The van der Waals surface area contributed by atoms with E-state index in [0.717, 1.165) is 18.4 Å². The summed E-state index contributed by atoms with van der Waals surface area (Å²) in [5, 5.41) is 18.3. The molecular weight excluding hydrogens is 338 g/mol. The quantitative estimate of drug-likeness (QED) is 0.419. The maximum Gasteiger partial charge on any atom is 0.341 e. The molecule has 140 valence electrons. The molecule has 2 aromatic rings. The number of carboxylic acid groups (broad SMARTS) is 1. The molecule has 0 atom stereocenters. The average molecular weight is 361 g/mol. The maximum absolute atomic E-state index is 12.2. The topological polar surface area (TPSA) is 109 Å². The third kappa shape index (κ3) is 5.72. The van der Waals surface area contributed by atoms with Crippen LogP contribution in [-0.4, -0.2) is 47.6 Å². The third-order valence-electron chi connectivity index (χ3n) is 3.84. The molecule has 1 aromatic heterocycles. The van der Waals surface area contributed by atoms with Crippen LogP contribution >= 0.6 is 0 Å². The van der Waals surface area contributed by atoms with Crippen molar-refractivity contribution in [1.82, 2.24) is 4.98 Å². The Kier molecular flexibility index (Phi) is 7.37. The minimum Gasteiger partial charge on any atom is -0.513 e. The van der Waals surface area contributed by atoms with E-state index in [1.165, 1.54) is 6.20 Å². The molecule has 0 fully saturated rings. The zero-order valence-electron chi connectivity index (χ0n) is 14.5. The van der Waals surface area contributed by atoms with Crippen LogP contribution in [-0.2, 0) is 15.9 Å². The Morgan fingerprint density at radius 3 is 2.54 bits per heavy atom. The largest absolute Gasteiger partial charge is 0.513 e. The second-order valence-corrected chi connectivity index (χ2v) is 5.86. The van der Waals surface area contributed by atoms with Gasteiger partial charge in [-0.25, -0.2) is 4.79 Å². The van der Waals surface area contributed by atoms with E-state index in [9.17, 15) is 9.59 Å². The Labute approximate surface area is 150 Å². The van der Waals surface area contributed by atoms with Gasteiger partial charge in [-0.15, -0.1) is 0 Å². The highest BCUT2D eigenvalue weighted by Crippen LogP contribution is 2.13. The van der Waals surface area contributed by atoms with Gasteiger partial charge in [-0.3, -0.25) is 4.79 Å². The number of aryl methyl sites for hydroxylation is 1. The number of benzene rings is 1. The van der Waals surface area contributed by atoms with Crippen LogP contribution in [0.5, 0.6) is 0 Å². The van der Waals surface area contributed by atoms with E-state index in [1.807, 2.05) is 6.07 Å². The van der Waals surface area contributed by atoms with Crippen molar-refractivity contribution in [3.05, 3.63) is 58.1 Å². The number of H-pyrrole nitrogens is 1. The van der Waals surface area contributed by atoms with Crippen molar-refractivity contribution in [2.75, 3.05) is 26.4 Å². The fraction of sp³-hybridized carbons (Fsp3) is 0.368. The molecule has 1 aromatic carbocycles. The first kappa shape index (κ1) is 19.7. The minimum absolute atomic E-state index is 0.107. The third-order valence-corrected chi connectivity index (χ3v) is 3.84. The summed E-state index contributed by atoms with van der Waals surface area (Å²) in [6.07, 6.45) is 3.14. The summed E-state index contributed by atoms with van der Waals surface area (Å²) in [7, 11) is 0. The van der Waals surface area contributed by atoms with Crippen LogP contribution in [0.2, 0.25) is 0 Å². The molecule has 0 unspecified atom stereocenters. The lowest BCUT2D eigenvalue weighted by molar-refractivity contribution is 0.0459. The molecule has 0 radical (unpaired) electrons. The minimum atomic E-state index is -1.24. The van der Waals surface area contributed by atoms with Crippen LogP contribution in [0.25, 0.3) is 10.9 Å². The van der Waals surface area contributed by atoms with Crippen LogP contribution in [0.3, 0.4) is 0 Å². The molecule has 0 spiro atoms. The number of carbonyl (C=O) groups is 1. The van der Waals surface area contributed by atoms with Crippen LogP contribution in [0.15, 0.2) is 41.5 Å². The van der Waals surface area contributed by atoms with Crippen molar-refractivity contribution < 1.29 is 24.5 Å². The summed E-state index contributed by atoms with van der Waals surface area (Å²) in [5.74, 6) is -1.13. The number of rotatable bonds is 11. The predicted octanol–water partition coefficient (Wildman–Crippen LogP) is 2.65. The number of nitrogens with one attached hydrogen (secondary N) is 1. The fourth-order valence-corrected chi connectivity index (χ4v) is 2.47. The van der Waals surface area contributed by atoms with Crippen LogP contribution in [0, 0.1) is 0 Å². The second kappa shape index (κ2) is 9.74. The number of fused-ring (bicyclic) bond motifs is 1. The summed E-state index contributed by atoms with van der Waals surface area (Å²) in [5.41, 5.74) is 0.823. The first-order valence-corrected chi connectivity index (χ1v) is 8.39. The van der Waals surface area contributed by atoms with Gasteiger partial charge in [0.1, 0.15) is 5.56 Å². The van der Waals surface area contributed by atoms with Crippen molar-refractivity contribution in [2.24, 2.45) is 0 Å². The normalized spacial score (nSPS) is 10.9. The first-order valence-electron chi connectivity index (χ1n) is 8.39. The molecule has 0 saturated carbocycles. The van der Waals surface area contributed by atoms with Gasteiger partial charge in [-0.05, 0) is 30.5 Å². The monoisotopic (exact) mass is 361 g/mol. The van der Waals surface area contributed by atoms with Crippen LogP contribution < -0.4 is 5.43 Å². The lowest BCUT2D eigenvalue weighted by Gasteiger charge is -2.07. The molecule has 26 heavy (non-hydrogen) atoms. The van der Waals surface area contributed by atoms with Gasteiger partial charge in [0.15, 0.2) is 0 Å². The summed E-state index contributed by atoms with van der Waals surface area (Å²) >= 11 is 0. The maximum atomic E-state index is 12.2. The zero-order valence-corrected chi connectivity index (χ0v) is 14.5. The van der Waals surface area contributed by atoms with Gasteiger partial charge in [-0.2, -0.15) is 0 Å². The number of pyridine rings is 1. The average Bonchev–Trinajstić information content (AvgIpc) is 2.60. The molecule has 2 rings (SSSR count). The van der Waals surface area contributed by atoms with Gasteiger partial charge >= 0.3 is 5.97 Å². The number of aromatic nitrogens is 1. The van der Waals surface area contributed by atoms with E-state index in [-0.39, 0.29) is 11.3 Å². The molecule has 0 aliphatic rings. The Morgan fingerprint density at radius 1 is 1.12 bits per heavy atom. The van der Waals surface area contributed by atoms with Crippen molar-refractivity contribution in [3.63, 3.8) is 0 Å². The lowest BCUT2D eigenvalue weighted by atomic mass is 10.1. The molecule has 0 aliphatic carbocycles. The van der Waals surface area contributed by atoms with Gasteiger partial charge in [0.05, 0.1) is 25.6 Å². The molecule has 0 aliphatic heterocycles. The number of aliphatic hydroxyl groups is 1. The Bertz CT molecular complexity index is 826. The molecule has 0 saturated heterocycles. The summed E-state index contributed by atoms with van der Waals surface area (Å²) < 4.78 is 10.7. The molecule has 7 nitrogen and oxygen atoms in total. The Balaban J connectivity index is 1.79. The number of hydrogen-bond acceptors (Lipinski definition) is 5. The molecule has 3 N–H and O–H groups in total. The van der Waals surface area contributed by atoms with Crippen molar-refractivity contribution in [3.8, 4) is 0 Å². The van der Waals surface area contributed by atoms with E-state index < -0.39 is 11.4 Å². The number of aromatic carboxylic acids is 1. The van der Waals surface area contributed by atoms with Gasteiger partial charge in [-0.1, -0.05) is 12.6 Å². The molecule has 1 heterocycles. The summed E-state index contributed by atoms with van der Waals surface area (Å²) in [4.78, 5) is 26.1. The SMILES string of the molecule is C=C(O)CCOCCOCCCc1ccc2[nH]cc(C(=O)O)c(=O)c2c1. The Morgan fingerprint density at radius 2 is 1.85 bits per heavy atom. The number of hydrogen-bond donors (Lipinski definition) is 3. The van der Waals surface area contributed by atoms with Crippen molar-refractivity contribution >= 4 is 16.9 Å². The van der Waals surface area contributed by atoms with Crippen molar-refractivity contribution in [2.45, 2.75) is 19.3 Å². The van der Waals surface area contributed by atoms with Gasteiger partial charge in [0.2, 0.25) is 5.43 Å². The first-order chi connectivity index (χ1) is 12.5. The molecular formula is C19H23NO6. The molecule has 0 amide bonds. The van der Waals surface area contributed by atoms with E-state index >= 15 is 0 Å². The second-order valence-electron chi connectivity index (χ2n) is 5.86. The highest BCUT2D eigenvalue weighted by Gasteiger charge is 2.11.